The van der Waals surface area contributed by atoms with Crippen molar-refractivity contribution in [2.45, 2.75) is 33.1 Å². The van der Waals surface area contributed by atoms with Gasteiger partial charge in [-0.25, -0.2) is 0 Å². The Morgan fingerprint density at radius 2 is 1.70 bits per heavy atom. The minimum atomic E-state index is 0. The second kappa shape index (κ2) is 9.56. The number of unbranched alkanes of at least 4 members (excludes halogenated alkanes) is 1. The van der Waals surface area contributed by atoms with Crippen molar-refractivity contribution in [1.29, 1.82) is 0 Å². The molecule has 0 aliphatic heterocycles. The van der Waals surface area contributed by atoms with Crippen molar-refractivity contribution in [2.24, 2.45) is 0 Å². The molecule has 0 rings (SSSR count). The van der Waals surface area contributed by atoms with Gasteiger partial charge in [0.1, 0.15) is 0 Å². The molecule has 0 atom stereocenters. The van der Waals surface area contributed by atoms with Gasteiger partial charge in [0.05, 0.1) is 0 Å². The molecule has 0 bridgehead atoms. The van der Waals surface area contributed by atoms with Gasteiger partial charge in [-0.3, -0.25) is 0 Å². The molecule has 0 saturated carbocycles. The first-order valence-electron chi connectivity index (χ1n) is 3.99. The third-order valence-corrected chi connectivity index (χ3v) is 1.50. The molecule has 0 spiro atoms. The Hall–Kier alpha value is 0.557. The zero-order valence-corrected chi connectivity index (χ0v) is 7.98. The van der Waals surface area contributed by atoms with E-state index in [-0.39, 0.29) is 20.3 Å². The number of rotatable bonds is 5. The SMILES string of the molecule is CCCCN(C)CCC.[H-].[Li+]. The Morgan fingerprint density at radius 1 is 1.10 bits per heavy atom. The van der Waals surface area contributed by atoms with Crippen LogP contribution in [-0.4, -0.2) is 25.0 Å². The van der Waals surface area contributed by atoms with Crippen molar-refractivity contribution >= 4 is 0 Å². The Balaban J connectivity index is -0.000000320. The van der Waals surface area contributed by atoms with Gasteiger partial charge in [-0.15, -0.1) is 0 Å². The maximum atomic E-state index is 2.39. The summed E-state index contributed by atoms with van der Waals surface area (Å²) in [7, 11) is 2.19. The molecule has 0 aromatic carbocycles. The Morgan fingerprint density at radius 3 is 2.10 bits per heavy atom. The van der Waals surface area contributed by atoms with Gasteiger partial charge in [-0.05, 0) is 33.0 Å². The second-order valence-corrected chi connectivity index (χ2v) is 2.66. The molecule has 0 heterocycles. The van der Waals surface area contributed by atoms with Crippen LogP contribution in [0.1, 0.15) is 34.5 Å². The van der Waals surface area contributed by atoms with Crippen LogP contribution in [0, 0.1) is 0 Å². The third-order valence-electron chi connectivity index (χ3n) is 1.50. The molecule has 0 fully saturated rings. The molecule has 0 radical (unpaired) electrons. The van der Waals surface area contributed by atoms with E-state index in [9.17, 15) is 0 Å². The largest absolute Gasteiger partial charge is 1.00 e. The maximum absolute atomic E-state index is 2.39. The molecule has 0 aliphatic rings. The average Bonchev–Trinajstić information content (AvgIpc) is 1.85. The number of hydrogen-bond donors (Lipinski definition) is 0. The van der Waals surface area contributed by atoms with Crippen LogP contribution >= 0.6 is 0 Å². The first-order valence-corrected chi connectivity index (χ1v) is 3.99. The molecule has 1 nitrogen and oxygen atoms in total. The molecule has 58 valence electrons. The van der Waals surface area contributed by atoms with Crippen molar-refractivity contribution in [3.63, 3.8) is 0 Å². The maximum Gasteiger partial charge on any atom is 1.00 e. The zero-order chi connectivity index (χ0) is 7.11. The van der Waals surface area contributed by atoms with E-state index in [0.717, 1.165) is 0 Å². The third kappa shape index (κ3) is 8.56. The van der Waals surface area contributed by atoms with Gasteiger partial charge in [0.25, 0.3) is 0 Å². The molecule has 10 heavy (non-hydrogen) atoms. The standard InChI is InChI=1S/C8H19N.Li.H/c1-4-6-8-9(3)7-5-2;;/h4-8H2,1-3H3;;/q;+1;-1. The van der Waals surface area contributed by atoms with E-state index >= 15 is 0 Å². The van der Waals surface area contributed by atoms with Crippen molar-refractivity contribution < 1.29 is 20.3 Å². The molecule has 0 aliphatic carbocycles. The van der Waals surface area contributed by atoms with Crippen LogP contribution in [0.2, 0.25) is 0 Å². The van der Waals surface area contributed by atoms with Crippen LogP contribution in [0.3, 0.4) is 0 Å². The first-order chi connectivity index (χ1) is 4.31. The molecule has 0 aromatic heterocycles. The van der Waals surface area contributed by atoms with Crippen LogP contribution < -0.4 is 18.9 Å². The monoisotopic (exact) mass is 137 g/mol. The molecule has 0 amide bonds. The van der Waals surface area contributed by atoms with Crippen LogP contribution in [0.4, 0.5) is 0 Å². The van der Waals surface area contributed by atoms with Gasteiger partial charge < -0.3 is 6.33 Å². The minimum Gasteiger partial charge on any atom is -1.00 e. The summed E-state index contributed by atoms with van der Waals surface area (Å²) in [6.45, 7) is 6.98. The smallest absolute Gasteiger partial charge is 1.00 e. The van der Waals surface area contributed by atoms with Gasteiger partial charge in [-0.2, -0.15) is 0 Å². The van der Waals surface area contributed by atoms with Crippen molar-refractivity contribution in [3.05, 3.63) is 0 Å². The van der Waals surface area contributed by atoms with Crippen molar-refractivity contribution in [2.75, 3.05) is 20.1 Å². The summed E-state index contributed by atoms with van der Waals surface area (Å²) in [6, 6.07) is 0. The predicted octanol–water partition coefficient (Wildman–Crippen LogP) is -0.755. The van der Waals surface area contributed by atoms with E-state index in [1.54, 1.807) is 0 Å². The van der Waals surface area contributed by atoms with Crippen molar-refractivity contribution in [1.82, 2.24) is 4.90 Å². The molecular weight excluding hydrogens is 117 g/mol. The fraction of sp³-hybridized carbons (Fsp3) is 1.00. The molecule has 0 N–H and O–H groups in total. The summed E-state index contributed by atoms with van der Waals surface area (Å²) < 4.78 is 0. The van der Waals surface area contributed by atoms with Crippen LogP contribution in [0.15, 0.2) is 0 Å². The van der Waals surface area contributed by atoms with E-state index in [1.165, 1.54) is 32.4 Å². The predicted molar refractivity (Wildman–Crippen MR) is 43.8 cm³/mol. The summed E-state index contributed by atoms with van der Waals surface area (Å²) in [5.74, 6) is 0. The van der Waals surface area contributed by atoms with Gasteiger partial charge in [0.2, 0.25) is 0 Å². The van der Waals surface area contributed by atoms with E-state index in [1.807, 2.05) is 0 Å². The van der Waals surface area contributed by atoms with Crippen molar-refractivity contribution in [3.8, 4) is 0 Å². The van der Waals surface area contributed by atoms with Crippen LogP contribution in [0.25, 0.3) is 0 Å². The summed E-state index contributed by atoms with van der Waals surface area (Å²) >= 11 is 0. The summed E-state index contributed by atoms with van der Waals surface area (Å²) in [5, 5.41) is 0. The van der Waals surface area contributed by atoms with Gasteiger partial charge >= 0.3 is 18.9 Å². The van der Waals surface area contributed by atoms with Gasteiger partial charge in [0.15, 0.2) is 0 Å². The zero-order valence-electron chi connectivity index (χ0n) is 8.98. The molecule has 2 heteroatoms. The summed E-state index contributed by atoms with van der Waals surface area (Å²) in [4.78, 5) is 2.39. The van der Waals surface area contributed by atoms with Gasteiger partial charge in [-0.1, -0.05) is 20.3 Å². The quantitative estimate of drug-likeness (QED) is 0.450. The van der Waals surface area contributed by atoms with Crippen LogP contribution in [0.5, 0.6) is 0 Å². The van der Waals surface area contributed by atoms with E-state index < -0.39 is 0 Å². The topological polar surface area (TPSA) is 3.24 Å². The molecule has 0 saturated heterocycles. The molecule has 0 unspecified atom stereocenters. The second-order valence-electron chi connectivity index (χ2n) is 2.66. The Labute approximate surface area is 78.8 Å². The Kier molecular flexibility index (Phi) is 12.6. The van der Waals surface area contributed by atoms with Crippen LogP contribution in [-0.2, 0) is 0 Å². The summed E-state index contributed by atoms with van der Waals surface area (Å²) in [6.07, 6.45) is 3.94. The van der Waals surface area contributed by atoms with E-state index in [2.05, 4.69) is 25.8 Å². The minimum absolute atomic E-state index is 0. The number of hydrogen-bond acceptors (Lipinski definition) is 1. The van der Waals surface area contributed by atoms with E-state index in [0.29, 0.717) is 0 Å². The molecule has 0 aromatic rings. The first kappa shape index (κ1) is 13.2. The fourth-order valence-electron chi connectivity index (χ4n) is 0.922. The normalized spacial score (nSPS) is 9.60. The van der Waals surface area contributed by atoms with Gasteiger partial charge in [0, 0.05) is 0 Å². The fourth-order valence-corrected chi connectivity index (χ4v) is 0.922. The summed E-state index contributed by atoms with van der Waals surface area (Å²) in [5.41, 5.74) is 0. The average molecular weight is 137 g/mol. The number of nitrogens with zero attached hydrogens (tertiary/aromatic N) is 1. The molecular formula is C8H20LiN. The van der Waals surface area contributed by atoms with E-state index in [4.69, 9.17) is 0 Å². The Bertz CT molecular complexity index is 62.1.